The van der Waals surface area contributed by atoms with Crippen LogP contribution in [0.1, 0.15) is 19.4 Å². The van der Waals surface area contributed by atoms with E-state index in [1.165, 1.54) is 0 Å². The summed E-state index contributed by atoms with van der Waals surface area (Å²) in [6.07, 6.45) is 0. The Bertz CT molecular complexity index is 472. The lowest BCUT2D eigenvalue weighted by Gasteiger charge is -2.11. The Kier molecular flexibility index (Phi) is 4.49. The molecule has 0 aromatic heterocycles. The number of hydrogen-bond acceptors (Lipinski definition) is 3. The molecule has 0 atom stereocenters. The van der Waals surface area contributed by atoms with Crippen LogP contribution in [0.2, 0.25) is 0 Å². The van der Waals surface area contributed by atoms with Crippen LogP contribution in [0, 0.1) is 0 Å². The van der Waals surface area contributed by atoms with Crippen LogP contribution < -0.4 is 10.5 Å². The van der Waals surface area contributed by atoms with Crippen molar-refractivity contribution in [2.75, 3.05) is 0 Å². The molecule has 0 aliphatic heterocycles. The maximum Gasteiger partial charge on any atom is 0.241 e. The van der Waals surface area contributed by atoms with Crippen LogP contribution in [0.15, 0.2) is 27.6 Å². The fraction of sp³-hybridized carbons (Fsp3) is 0.400. The summed E-state index contributed by atoms with van der Waals surface area (Å²) in [5.41, 5.74) is 6.27. The Morgan fingerprint density at radius 3 is 2.56 bits per heavy atom. The van der Waals surface area contributed by atoms with Gasteiger partial charge in [0.2, 0.25) is 10.0 Å². The Labute approximate surface area is 104 Å². The van der Waals surface area contributed by atoms with Crippen LogP contribution in [0.3, 0.4) is 0 Å². The van der Waals surface area contributed by atoms with Crippen molar-refractivity contribution in [3.63, 3.8) is 0 Å². The molecular weight excluding hydrogens is 292 g/mol. The zero-order valence-electron chi connectivity index (χ0n) is 9.20. The third-order valence-corrected chi connectivity index (χ3v) is 4.56. The number of hydrogen-bond donors (Lipinski definition) is 2. The van der Waals surface area contributed by atoms with Crippen LogP contribution >= 0.6 is 15.9 Å². The molecule has 1 aromatic carbocycles. The summed E-state index contributed by atoms with van der Waals surface area (Å²) < 4.78 is 27.0. The first-order chi connectivity index (χ1) is 7.36. The standard InChI is InChI=1S/C10H15BrN2O2S/c1-7(2)13-16(14,15)10-5-8(6-12)3-4-9(10)11/h3-5,7,13H,6,12H2,1-2H3. The smallest absolute Gasteiger partial charge is 0.241 e. The van der Waals surface area contributed by atoms with Crippen molar-refractivity contribution >= 4 is 26.0 Å². The normalized spacial score (nSPS) is 12.1. The van der Waals surface area contributed by atoms with Crippen molar-refractivity contribution in [1.82, 2.24) is 4.72 Å². The van der Waals surface area contributed by atoms with Crippen molar-refractivity contribution in [2.45, 2.75) is 31.3 Å². The first-order valence-electron chi connectivity index (χ1n) is 4.87. The van der Waals surface area contributed by atoms with Gasteiger partial charge < -0.3 is 5.73 Å². The van der Waals surface area contributed by atoms with Crippen LogP contribution in [-0.4, -0.2) is 14.5 Å². The van der Waals surface area contributed by atoms with E-state index >= 15 is 0 Å². The van der Waals surface area contributed by atoms with E-state index in [1.54, 1.807) is 32.0 Å². The first kappa shape index (κ1) is 13.6. The maximum atomic E-state index is 11.9. The largest absolute Gasteiger partial charge is 0.326 e. The van der Waals surface area contributed by atoms with E-state index in [1.807, 2.05) is 0 Å². The zero-order valence-corrected chi connectivity index (χ0v) is 11.6. The number of nitrogens with one attached hydrogen (secondary N) is 1. The highest BCUT2D eigenvalue weighted by Crippen LogP contribution is 2.23. The Morgan fingerprint density at radius 2 is 2.06 bits per heavy atom. The van der Waals surface area contributed by atoms with Gasteiger partial charge >= 0.3 is 0 Å². The molecular formula is C10H15BrN2O2S. The highest BCUT2D eigenvalue weighted by molar-refractivity contribution is 9.10. The molecule has 0 aliphatic carbocycles. The highest BCUT2D eigenvalue weighted by Gasteiger charge is 2.18. The highest BCUT2D eigenvalue weighted by atomic mass is 79.9. The maximum absolute atomic E-state index is 11.9. The molecule has 16 heavy (non-hydrogen) atoms. The van der Waals surface area contributed by atoms with E-state index in [9.17, 15) is 8.42 Å². The van der Waals surface area contributed by atoms with E-state index in [2.05, 4.69) is 20.7 Å². The molecule has 6 heteroatoms. The minimum absolute atomic E-state index is 0.140. The quantitative estimate of drug-likeness (QED) is 0.887. The minimum Gasteiger partial charge on any atom is -0.326 e. The minimum atomic E-state index is -3.48. The molecule has 0 amide bonds. The number of rotatable bonds is 4. The summed E-state index contributed by atoms with van der Waals surface area (Å²) in [6, 6.07) is 4.92. The van der Waals surface area contributed by atoms with Gasteiger partial charge in [-0.25, -0.2) is 13.1 Å². The molecule has 1 aromatic rings. The number of halogens is 1. The van der Waals surface area contributed by atoms with E-state index in [4.69, 9.17) is 5.73 Å². The van der Waals surface area contributed by atoms with Crippen LogP contribution in [0.4, 0.5) is 0 Å². The van der Waals surface area contributed by atoms with Crippen LogP contribution in [0.5, 0.6) is 0 Å². The summed E-state index contributed by atoms with van der Waals surface area (Å²) in [4.78, 5) is 0.226. The molecule has 0 bridgehead atoms. The molecule has 0 saturated heterocycles. The average molecular weight is 307 g/mol. The van der Waals surface area contributed by atoms with E-state index in [0.29, 0.717) is 11.0 Å². The van der Waals surface area contributed by atoms with Crippen molar-refractivity contribution in [3.8, 4) is 0 Å². The summed E-state index contributed by atoms with van der Waals surface area (Å²) in [7, 11) is -3.48. The lowest BCUT2D eigenvalue weighted by atomic mass is 10.2. The molecule has 0 spiro atoms. The van der Waals surface area contributed by atoms with Gasteiger partial charge in [-0.3, -0.25) is 0 Å². The van der Waals surface area contributed by atoms with Crippen molar-refractivity contribution in [3.05, 3.63) is 28.2 Å². The Morgan fingerprint density at radius 1 is 1.44 bits per heavy atom. The molecule has 1 rings (SSSR count). The lowest BCUT2D eigenvalue weighted by Crippen LogP contribution is -2.30. The molecule has 0 heterocycles. The van der Waals surface area contributed by atoms with Gasteiger partial charge in [0.1, 0.15) is 0 Å². The van der Waals surface area contributed by atoms with E-state index < -0.39 is 10.0 Å². The number of sulfonamides is 1. The van der Waals surface area contributed by atoms with Gasteiger partial charge in [0.25, 0.3) is 0 Å². The van der Waals surface area contributed by atoms with E-state index in [0.717, 1.165) is 5.56 Å². The fourth-order valence-electron chi connectivity index (χ4n) is 1.25. The average Bonchev–Trinajstić information content (AvgIpc) is 2.16. The third kappa shape index (κ3) is 3.28. The summed E-state index contributed by atoms with van der Waals surface area (Å²) >= 11 is 3.23. The second-order valence-corrected chi connectivity index (χ2v) is 6.28. The monoisotopic (exact) mass is 306 g/mol. The lowest BCUT2D eigenvalue weighted by molar-refractivity contribution is 0.569. The van der Waals surface area contributed by atoms with E-state index in [-0.39, 0.29) is 10.9 Å². The van der Waals surface area contributed by atoms with Crippen LogP contribution in [0.25, 0.3) is 0 Å². The number of nitrogens with two attached hydrogens (primary N) is 1. The van der Waals surface area contributed by atoms with Gasteiger partial charge in [0.15, 0.2) is 0 Å². The van der Waals surface area contributed by atoms with Gasteiger partial charge in [-0.15, -0.1) is 0 Å². The molecule has 3 N–H and O–H groups in total. The molecule has 0 fully saturated rings. The summed E-state index contributed by atoms with van der Waals surface area (Å²) in [5.74, 6) is 0. The second-order valence-electron chi connectivity index (χ2n) is 3.74. The molecule has 0 unspecified atom stereocenters. The molecule has 90 valence electrons. The predicted molar refractivity (Wildman–Crippen MR) is 67.5 cm³/mol. The van der Waals surface area contributed by atoms with Gasteiger partial charge in [-0.1, -0.05) is 6.07 Å². The number of benzene rings is 1. The topological polar surface area (TPSA) is 72.2 Å². The zero-order chi connectivity index (χ0) is 12.3. The molecule has 4 nitrogen and oxygen atoms in total. The molecule has 0 saturated carbocycles. The van der Waals surface area contributed by atoms with Crippen molar-refractivity contribution in [1.29, 1.82) is 0 Å². The second kappa shape index (κ2) is 5.27. The third-order valence-electron chi connectivity index (χ3n) is 1.91. The Hall–Kier alpha value is -0.430. The van der Waals surface area contributed by atoms with Gasteiger partial charge in [-0.05, 0) is 47.5 Å². The predicted octanol–water partition coefficient (Wildman–Crippen LogP) is 1.59. The summed E-state index contributed by atoms with van der Waals surface area (Å²) in [6.45, 7) is 3.87. The Balaban J connectivity index is 3.21. The molecule has 0 radical (unpaired) electrons. The van der Waals surface area contributed by atoms with Crippen molar-refractivity contribution in [2.24, 2.45) is 5.73 Å². The molecule has 0 aliphatic rings. The first-order valence-corrected chi connectivity index (χ1v) is 7.15. The van der Waals surface area contributed by atoms with Gasteiger partial charge in [0, 0.05) is 17.1 Å². The van der Waals surface area contributed by atoms with Crippen LogP contribution in [-0.2, 0) is 16.6 Å². The fourth-order valence-corrected chi connectivity index (χ4v) is 3.52. The van der Waals surface area contributed by atoms with Crippen molar-refractivity contribution < 1.29 is 8.42 Å². The SMILES string of the molecule is CC(C)NS(=O)(=O)c1cc(CN)ccc1Br. The van der Waals surface area contributed by atoms with Gasteiger partial charge in [0.05, 0.1) is 4.90 Å². The summed E-state index contributed by atoms with van der Waals surface area (Å²) in [5, 5.41) is 0. The van der Waals surface area contributed by atoms with Gasteiger partial charge in [-0.2, -0.15) is 0 Å².